The highest BCUT2D eigenvalue weighted by molar-refractivity contribution is 7.18. The first kappa shape index (κ1) is 6.86. The summed E-state index contributed by atoms with van der Waals surface area (Å²) in [6.07, 6.45) is 3.69. The van der Waals surface area contributed by atoms with Gasteiger partial charge in [0.25, 0.3) is 0 Å². The van der Waals surface area contributed by atoms with Crippen molar-refractivity contribution in [2.45, 2.75) is 6.92 Å². The van der Waals surface area contributed by atoms with E-state index in [1.54, 1.807) is 11.3 Å². The van der Waals surface area contributed by atoms with E-state index in [-0.39, 0.29) is 0 Å². The Hall–Kier alpha value is -0.825. The van der Waals surface area contributed by atoms with Gasteiger partial charge in [0, 0.05) is 12.4 Å². The van der Waals surface area contributed by atoms with Crippen LogP contribution in [-0.4, -0.2) is 12.8 Å². The molecule has 3 heteroatoms. The number of hydrogen-bond acceptors (Lipinski definition) is 2. The third-order valence-electron chi connectivity index (χ3n) is 1.70. The van der Waals surface area contributed by atoms with E-state index in [2.05, 4.69) is 4.98 Å². The highest BCUT2D eigenvalue weighted by Crippen LogP contribution is 2.19. The molecule has 0 unspecified atom stereocenters. The van der Waals surface area contributed by atoms with Crippen molar-refractivity contribution in [2.24, 2.45) is 0 Å². The van der Waals surface area contributed by atoms with Crippen LogP contribution < -0.4 is 5.46 Å². The average molecular weight is 159 g/mol. The summed E-state index contributed by atoms with van der Waals surface area (Å²) in [6, 6.07) is 0. The van der Waals surface area contributed by atoms with Crippen molar-refractivity contribution in [1.29, 1.82) is 0 Å². The lowest BCUT2D eigenvalue weighted by atomic mass is 9.94. The predicted molar refractivity (Wildman–Crippen MR) is 49.7 cm³/mol. The molecule has 0 amide bonds. The van der Waals surface area contributed by atoms with Gasteiger partial charge in [-0.05, 0) is 23.3 Å². The Balaban J connectivity index is 2.96. The van der Waals surface area contributed by atoms with E-state index in [4.69, 9.17) is 7.85 Å². The molecule has 1 nitrogen and oxygen atoms in total. The minimum atomic E-state index is 0.866. The Kier molecular flexibility index (Phi) is 1.46. The fourth-order valence-corrected chi connectivity index (χ4v) is 2.08. The van der Waals surface area contributed by atoms with Gasteiger partial charge in [-0.15, -0.1) is 11.3 Å². The minimum Gasteiger partial charge on any atom is -0.263 e. The van der Waals surface area contributed by atoms with Crippen LogP contribution >= 0.6 is 11.3 Å². The zero-order valence-corrected chi connectivity index (χ0v) is 6.98. The summed E-state index contributed by atoms with van der Waals surface area (Å²) in [5.74, 6) is 0. The van der Waals surface area contributed by atoms with Crippen LogP contribution in [0.1, 0.15) is 5.56 Å². The van der Waals surface area contributed by atoms with Gasteiger partial charge >= 0.3 is 0 Å². The topological polar surface area (TPSA) is 12.9 Å². The molecule has 0 spiro atoms. The molecule has 2 aromatic heterocycles. The first-order valence-electron chi connectivity index (χ1n) is 3.36. The summed E-state index contributed by atoms with van der Waals surface area (Å²) in [6.45, 7) is 2.03. The van der Waals surface area contributed by atoms with E-state index < -0.39 is 0 Å². The molecule has 0 atom stereocenters. The van der Waals surface area contributed by atoms with E-state index >= 15 is 0 Å². The SMILES string of the molecule is [B]c1csc2cncc(C)c12. The number of thiophene rings is 1. The van der Waals surface area contributed by atoms with Crippen molar-refractivity contribution in [3.8, 4) is 0 Å². The van der Waals surface area contributed by atoms with E-state index in [1.165, 1.54) is 4.70 Å². The van der Waals surface area contributed by atoms with E-state index in [1.807, 2.05) is 24.7 Å². The molecule has 0 aliphatic heterocycles. The zero-order valence-electron chi connectivity index (χ0n) is 6.16. The lowest BCUT2D eigenvalue weighted by Gasteiger charge is -1.94. The highest BCUT2D eigenvalue weighted by Gasteiger charge is 2.01. The number of rotatable bonds is 0. The smallest absolute Gasteiger partial charge is 0.115 e. The molecule has 0 aromatic carbocycles. The van der Waals surface area contributed by atoms with Gasteiger partial charge < -0.3 is 0 Å². The van der Waals surface area contributed by atoms with Gasteiger partial charge in [-0.25, -0.2) is 0 Å². The molecule has 2 radical (unpaired) electrons. The molecule has 0 saturated heterocycles. The van der Waals surface area contributed by atoms with Crippen molar-refractivity contribution in [2.75, 3.05) is 0 Å². The summed E-state index contributed by atoms with van der Waals surface area (Å²) in [4.78, 5) is 4.08. The molecular formula is C8H6BNS. The highest BCUT2D eigenvalue weighted by atomic mass is 32.1. The van der Waals surface area contributed by atoms with Gasteiger partial charge in [-0.3, -0.25) is 4.98 Å². The van der Waals surface area contributed by atoms with Crippen molar-refractivity contribution >= 4 is 34.7 Å². The quantitative estimate of drug-likeness (QED) is 0.529. The molecule has 11 heavy (non-hydrogen) atoms. The number of aromatic nitrogens is 1. The van der Waals surface area contributed by atoms with E-state index in [0.29, 0.717) is 0 Å². The van der Waals surface area contributed by atoms with Crippen molar-refractivity contribution in [3.05, 3.63) is 23.3 Å². The maximum atomic E-state index is 5.76. The van der Waals surface area contributed by atoms with Crippen molar-refractivity contribution in [1.82, 2.24) is 4.98 Å². The third kappa shape index (κ3) is 0.961. The number of fused-ring (bicyclic) bond motifs is 1. The molecule has 0 aliphatic carbocycles. The van der Waals surface area contributed by atoms with Crippen LogP contribution in [0.4, 0.5) is 0 Å². The van der Waals surface area contributed by atoms with Gasteiger partial charge in [0.15, 0.2) is 0 Å². The number of pyridine rings is 1. The first-order chi connectivity index (χ1) is 5.29. The van der Waals surface area contributed by atoms with Crippen LogP contribution in [0.3, 0.4) is 0 Å². The van der Waals surface area contributed by atoms with Crippen LogP contribution in [0.25, 0.3) is 10.1 Å². The Morgan fingerprint density at radius 2 is 2.27 bits per heavy atom. The summed E-state index contributed by atoms with van der Waals surface area (Å²) in [5.41, 5.74) is 2.02. The summed E-state index contributed by atoms with van der Waals surface area (Å²) in [5, 5.41) is 3.12. The molecule has 2 rings (SSSR count). The first-order valence-corrected chi connectivity index (χ1v) is 4.24. The molecule has 0 bridgehead atoms. The van der Waals surface area contributed by atoms with E-state index in [0.717, 1.165) is 16.4 Å². The Morgan fingerprint density at radius 1 is 1.45 bits per heavy atom. The largest absolute Gasteiger partial charge is 0.263 e. The maximum absolute atomic E-state index is 5.76. The predicted octanol–water partition coefficient (Wildman–Crippen LogP) is 1.40. The van der Waals surface area contributed by atoms with Gasteiger partial charge in [-0.1, -0.05) is 5.46 Å². The standard InChI is InChI=1S/C8H6BNS/c1-5-2-10-3-7-8(5)6(9)4-11-7/h2-4H,1H3. The zero-order chi connectivity index (χ0) is 7.84. The molecule has 0 aliphatic rings. The number of hydrogen-bond donors (Lipinski definition) is 0. The Bertz CT molecular complexity index is 394. The second kappa shape index (κ2) is 2.34. The molecule has 2 aromatic rings. The van der Waals surface area contributed by atoms with Crippen molar-refractivity contribution in [3.63, 3.8) is 0 Å². The average Bonchev–Trinajstić information content (AvgIpc) is 2.34. The summed E-state index contributed by atoms with van der Waals surface area (Å²) in [7, 11) is 5.76. The fraction of sp³-hybridized carbons (Fsp3) is 0.125. The molecular weight excluding hydrogens is 153 g/mol. The fourth-order valence-electron chi connectivity index (χ4n) is 1.19. The van der Waals surface area contributed by atoms with Crippen LogP contribution in [-0.2, 0) is 0 Å². The van der Waals surface area contributed by atoms with Crippen LogP contribution in [0.5, 0.6) is 0 Å². The monoisotopic (exact) mass is 159 g/mol. The third-order valence-corrected chi connectivity index (χ3v) is 2.64. The van der Waals surface area contributed by atoms with Gasteiger partial charge in [0.1, 0.15) is 7.85 Å². The second-order valence-corrected chi connectivity index (χ2v) is 3.43. The van der Waals surface area contributed by atoms with Gasteiger partial charge in [0.2, 0.25) is 0 Å². The lowest BCUT2D eigenvalue weighted by Crippen LogP contribution is -1.98. The molecule has 52 valence electrons. The van der Waals surface area contributed by atoms with Crippen LogP contribution in [0.15, 0.2) is 17.8 Å². The van der Waals surface area contributed by atoms with Crippen molar-refractivity contribution < 1.29 is 0 Å². The number of aryl methyl sites for hydroxylation is 1. The summed E-state index contributed by atoms with van der Waals surface area (Å²) < 4.78 is 1.17. The maximum Gasteiger partial charge on any atom is 0.115 e. The van der Waals surface area contributed by atoms with E-state index in [9.17, 15) is 0 Å². The lowest BCUT2D eigenvalue weighted by molar-refractivity contribution is 1.32. The summed E-state index contributed by atoms with van der Waals surface area (Å²) >= 11 is 1.64. The van der Waals surface area contributed by atoms with Crippen LogP contribution in [0, 0.1) is 6.92 Å². The Morgan fingerprint density at radius 3 is 3.00 bits per heavy atom. The molecule has 2 heterocycles. The molecule has 0 N–H and O–H groups in total. The van der Waals surface area contributed by atoms with Gasteiger partial charge in [0.05, 0.1) is 4.70 Å². The van der Waals surface area contributed by atoms with Crippen LogP contribution in [0.2, 0.25) is 0 Å². The molecule has 0 fully saturated rings. The number of nitrogens with zero attached hydrogens (tertiary/aromatic N) is 1. The Labute approximate surface area is 70.5 Å². The normalized spacial score (nSPS) is 10.6. The van der Waals surface area contributed by atoms with Gasteiger partial charge in [-0.2, -0.15) is 0 Å². The second-order valence-electron chi connectivity index (χ2n) is 2.52. The molecule has 0 saturated carbocycles. The minimum absolute atomic E-state index is 0.866.